The minimum atomic E-state index is -3.92. The number of hydrogen-bond donors (Lipinski definition) is 3. The number of nitrogens with zero attached hydrogens (tertiary/aromatic N) is 3. The van der Waals surface area contributed by atoms with Gasteiger partial charge in [0.15, 0.2) is 0 Å². The predicted molar refractivity (Wildman–Crippen MR) is 203 cm³/mol. The second-order valence-corrected chi connectivity index (χ2v) is 17.3. The number of amides is 4. The predicted octanol–water partition coefficient (Wildman–Crippen LogP) is 4.00. The number of carbonyl (C=O) groups is 4. The van der Waals surface area contributed by atoms with Crippen molar-refractivity contribution in [3.63, 3.8) is 0 Å². The van der Waals surface area contributed by atoms with Crippen LogP contribution in [0.5, 0.6) is 11.5 Å². The van der Waals surface area contributed by atoms with E-state index >= 15 is 0 Å². The van der Waals surface area contributed by atoms with E-state index in [1.54, 1.807) is 64.4 Å². The molecule has 3 heterocycles. The summed E-state index contributed by atoms with van der Waals surface area (Å²) in [7, 11) is -2.37. The third-order valence-corrected chi connectivity index (χ3v) is 11.8. The van der Waals surface area contributed by atoms with Gasteiger partial charge in [-0.25, -0.2) is 18.2 Å². The number of fused-ring (bicyclic) bond motifs is 1. The summed E-state index contributed by atoms with van der Waals surface area (Å²) < 4.78 is 44.8. The van der Waals surface area contributed by atoms with Gasteiger partial charge in [0, 0.05) is 36.1 Å². The molecule has 2 aliphatic carbocycles. The lowest BCUT2D eigenvalue weighted by Gasteiger charge is -2.35. The van der Waals surface area contributed by atoms with E-state index < -0.39 is 74.1 Å². The van der Waals surface area contributed by atoms with Crippen molar-refractivity contribution in [2.75, 3.05) is 13.7 Å². The molecule has 0 spiro atoms. The molecule has 6 rings (SSSR count). The van der Waals surface area contributed by atoms with E-state index in [1.807, 2.05) is 12.1 Å². The number of likely N-dealkylation sites (tertiary alicyclic amines) is 1. The van der Waals surface area contributed by atoms with Gasteiger partial charge >= 0.3 is 6.09 Å². The Labute approximate surface area is 319 Å². The molecule has 3 aromatic rings. The van der Waals surface area contributed by atoms with Crippen LogP contribution in [0, 0.1) is 11.3 Å². The number of sulfonamides is 1. The Morgan fingerprint density at radius 3 is 2.44 bits per heavy atom. The number of carbonyl (C=O) groups excluding carboxylic acids is 4. The highest BCUT2D eigenvalue weighted by Gasteiger charge is 2.62. The van der Waals surface area contributed by atoms with Crippen LogP contribution in [-0.2, 0) is 29.1 Å². The number of nitrogens with one attached hydrogen (secondary N) is 3. The van der Waals surface area contributed by atoms with Crippen LogP contribution in [0.1, 0.15) is 53.4 Å². The lowest BCUT2D eigenvalue weighted by molar-refractivity contribution is -0.142. The van der Waals surface area contributed by atoms with Crippen LogP contribution in [0.2, 0.25) is 0 Å². The van der Waals surface area contributed by atoms with Crippen molar-refractivity contribution in [2.24, 2.45) is 11.3 Å². The van der Waals surface area contributed by atoms with Crippen molar-refractivity contribution in [1.29, 1.82) is 0 Å². The maximum absolute atomic E-state index is 14.5. The molecule has 0 unspecified atom stereocenters. The molecule has 15 nitrogen and oxygen atoms in total. The summed E-state index contributed by atoms with van der Waals surface area (Å²) in [4.78, 5) is 65.8. The molecule has 0 radical (unpaired) electrons. The zero-order chi connectivity index (χ0) is 39.9. The number of rotatable bonds is 13. The van der Waals surface area contributed by atoms with Gasteiger partial charge in [0.25, 0.3) is 5.91 Å². The average molecular weight is 775 g/mol. The lowest BCUT2D eigenvalue weighted by atomic mass is 9.85. The maximum Gasteiger partial charge on any atom is 0.412 e. The van der Waals surface area contributed by atoms with E-state index in [0.29, 0.717) is 46.6 Å². The van der Waals surface area contributed by atoms with Gasteiger partial charge in [-0.05, 0) is 55.9 Å². The molecule has 2 aromatic heterocycles. The van der Waals surface area contributed by atoms with E-state index in [4.69, 9.17) is 19.2 Å². The van der Waals surface area contributed by atoms with Crippen LogP contribution in [0.15, 0.2) is 73.7 Å². The minimum Gasteiger partial charge on any atom is -0.497 e. The number of aromatic nitrogens is 2. The van der Waals surface area contributed by atoms with Crippen molar-refractivity contribution in [3.8, 4) is 22.9 Å². The molecule has 5 atom stereocenters. The van der Waals surface area contributed by atoms with Gasteiger partial charge in [0.1, 0.15) is 35.2 Å². The monoisotopic (exact) mass is 774 g/mol. The van der Waals surface area contributed by atoms with E-state index in [0.717, 1.165) is 0 Å². The van der Waals surface area contributed by atoms with Crippen molar-refractivity contribution in [2.45, 2.75) is 82.4 Å². The Morgan fingerprint density at radius 2 is 1.84 bits per heavy atom. The second kappa shape index (κ2) is 15.0. The van der Waals surface area contributed by atoms with Crippen molar-refractivity contribution in [1.82, 2.24) is 30.2 Å². The Balaban J connectivity index is 1.34. The molecule has 4 amide bonds. The number of ether oxygens (including phenoxy) is 3. The highest BCUT2D eigenvalue weighted by atomic mass is 32.2. The summed E-state index contributed by atoms with van der Waals surface area (Å²) in [5, 5.41) is 5.40. The Bertz CT molecular complexity index is 2150. The second-order valence-electron chi connectivity index (χ2n) is 15.3. The number of hydrogen-bond acceptors (Lipinski definition) is 11. The molecule has 292 valence electrons. The number of benzene rings is 1. The molecule has 3 N–H and O–H groups in total. The van der Waals surface area contributed by atoms with Gasteiger partial charge in [-0.1, -0.05) is 39.5 Å². The van der Waals surface area contributed by atoms with Crippen LogP contribution >= 0.6 is 0 Å². The number of methoxy groups -OCH3 is 1. The third-order valence-electron chi connectivity index (χ3n) is 9.94. The molecule has 16 heteroatoms. The largest absolute Gasteiger partial charge is 0.497 e. The minimum absolute atomic E-state index is 0.0135. The molecular weight excluding hydrogens is 729 g/mol. The fourth-order valence-corrected chi connectivity index (χ4v) is 8.10. The Morgan fingerprint density at radius 1 is 1.09 bits per heavy atom. The molecule has 3 aliphatic rings. The van der Waals surface area contributed by atoms with E-state index in [9.17, 15) is 27.6 Å². The van der Waals surface area contributed by atoms with Crippen LogP contribution in [0.3, 0.4) is 0 Å². The van der Waals surface area contributed by atoms with Crippen LogP contribution in [0.25, 0.3) is 22.3 Å². The summed E-state index contributed by atoms with van der Waals surface area (Å²) in [5.74, 6) is -1.60. The molecule has 3 fully saturated rings. The van der Waals surface area contributed by atoms with Gasteiger partial charge < -0.3 is 29.7 Å². The first-order valence-electron chi connectivity index (χ1n) is 18.0. The first-order chi connectivity index (χ1) is 25.9. The standard InChI is InChI=1S/C39H46N6O9S/c1-8-23-20-39(23,36(48)44-55(50,51)26-13-14-26)43-34(46)31-18-25(21-45(31)35(47)33(38(4,5)6)42-37(49)53-22(2)3)54-32-19-30(28-11-9-10-16-40-28)41-29-17-24(52-7)12-15-27(29)32/h8-12,15-17,19,23,25-26,31,33H,1-2,13-14,18,20-21H2,3-7H3,(H,42,49)(H,43,46)(H,44,48)/t23-,25-,31+,33-,39-/m1/s1. The lowest BCUT2D eigenvalue weighted by Crippen LogP contribution is -2.60. The molecular formula is C39H46N6O9S. The van der Waals surface area contributed by atoms with E-state index in [1.165, 1.54) is 17.9 Å². The van der Waals surface area contributed by atoms with Crippen LogP contribution in [-0.4, -0.2) is 89.7 Å². The number of pyridine rings is 2. The molecule has 1 saturated heterocycles. The topological polar surface area (TPSA) is 195 Å². The fraction of sp³-hybridized carbons (Fsp3) is 0.436. The normalized spacial score (nSPS) is 22.6. The highest BCUT2D eigenvalue weighted by Crippen LogP contribution is 2.46. The highest BCUT2D eigenvalue weighted by molar-refractivity contribution is 7.91. The quantitative estimate of drug-likeness (QED) is 0.168. The van der Waals surface area contributed by atoms with Gasteiger partial charge in [-0.15, -0.1) is 6.58 Å². The van der Waals surface area contributed by atoms with Crippen molar-refractivity contribution < 1.29 is 41.8 Å². The van der Waals surface area contributed by atoms with Crippen molar-refractivity contribution in [3.05, 3.63) is 73.7 Å². The Kier molecular flexibility index (Phi) is 10.7. The van der Waals surface area contributed by atoms with Gasteiger partial charge in [0.2, 0.25) is 21.8 Å². The zero-order valence-electron chi connectivity index (χ0n) is 31.5. The molecule has 0 bridgehead atoms. The number of alkyl carbamates (subject to hydrolysis) is 1. The van der Waals surface area contributed by atoms with Gasteiger partial charge in [-0.2, -0.15) is 0 Å². The maximum atomic E-state index is 14.5. The number of allylic oxidation sites excluding steroid dienone is 1. The first kappa shape index (κ1) is 39.2. The molecule has 2 saturated carbocycles. The fourth-order valence-electron chi connectivity index (χ4n) is 6.74. The zero-order valence-corrected chi connectivity index (χ0v) is 32.3. The van der Waals surface area contributed by atoms with Gasteiger partial charge in [0.05, 0.1) is 41.6 Å². The summed E-state index contributed by atoms with van der Waals surface area (Å²) in [6.45, 7) is 14.0. The van der Waals surface area contributed by atoms with Crippen LogP contribution < -0.4 is 24.8 Å². The summed E-state index contributed by atoms with van der Waals surface area (Å²) in [5.41, 5.74) is -0.774. The van der Waals surface area contributed by atoms with E-state index in [-0.39, 0.29) is 25.1 Å². The summed E-state index contributed by atoms with van der Waals surface area (Å²) >= 11 is 0. The summed E-state index contributed by atoms with van der Waals surface area (Å²) in [6, 6.07) is 10.1. The third kappa shape index (κ3) is 8.43. The molecule has 1 aliphatic heterocycles. The van der Waals surface area contributed by atoms with Crippen LogP contribution in [0.4, 0.5) is 4.79 Å². The smallest absolute Gasteiger partial charge is 0.412 e. The molecule has 1 aromatic carbocycles. The SMILES string of the molecule is C=C[C@@H]1C[C@]1(NC(=O)[C@@H]1C[C@@H](Oc2cc(-c3ccccn3)nc3cc(OC)ccc23)CN1C(=O)[C@@H](NC(=O)OC(=C)C)C(C)(C)C)C(=O)NS(=O)(=O)C1CC1. The van der Waals surface area contributed by atoms with E-state index in [2.05, 4.69) is 33.5 Å². The van der Waals surface area contributed by atoms with Crippen molar-refractivity contribution >= 4 is 44.7 Å². The molecule has 55 heavy (non-hydrogen) atoms. The average Bonchev–Trinajstić information content (AvgIpc) is 4.06. The first-order valence-corrected chi connectivity index (χ1v) is 19.5. The Hall–Kier alpha value is -5.51. The van der Waals surface area contributed by atoms with Gasteiger partial charge in [-0.3, -0.25) is 24.1 Å². The summed E-state index contributed by atoms with van der Waals surface area (Å²) in [6.07, 6.45) is 2.48.